The number of aromatic hydroxyl groups is 1. The maximum Gasteiger partial charge on any atom is 0.165 e. The van der Waals surface area contributed by atoms with Gasteiger partial charge in [0.2, 0.25) is 0 Å². The monoisotopic (exact) mass is 273 g/mol. The zero-order valence-electron chi connectivity index (χ0n) is 11.7. The van der Waals surface area contributed by atoms with Gasteiger partial charge in [0, 0.05) is 24.3 Å². The third kappa shape index (κ3) is 3.50. The number of rotatable bonds is 6. The first-order valence-corrected chi connectivity index (χ1v) is 6.98. The molecule has 0 aromatic heterocycles. The molecule has 2 aromatic rings. The van der Waals surface area contributed by atoms with Gasteiger partial charge in [0.05, 0.1) is 0 Å². The maximum atomic E-state index is 13.4. The minimum Gasteiger partial charge on any atom is -0.505 e. The van der Waals surface area contributed by atoms with Crippen molar-refractivity contribution < 1.29 is 9.50 Å². The van der Waals surface area contributed by atoms with Crippen LogP contribution in [0.5, 0.6) is 5.75 Å². The summed E-state index contributed by atoms with van der Waals surface area (Å²) in [5.41, 5.74) is 1.70. The molecule has 2 nitrogen and oxygen atoms in total. The van der Waals surface area contributed by atoms with E-state index in [0.29, 0.717) is 12.1 Å². The summed E-state index contributed by atoms with van der Waals surface area (Å²) in [6.45, 7) is 3.53. The second-order valence-corrected chi connectivity index (χ2v) is 4.86. The standard InChI is InChI=1S/C17H20FNO/c1-2-3-12-19(15-9-5-4-6-10-15)13-14-8-7-11-16(18)17(14)20/h4-11,20H,2-3,12-13H2,1H3. The molecule has 1 N–H and O–H groups in total. The van der Waals surface area contributed by atoms with Gasteiger partial charge in [-0.05, 0) is 24.6 Å². The van der Waals surface area contributed by atoms with E-state index in [1.165, 1.54) is 6.07 Å². The third-order valence-electron chi connectivity index (χ3n) is 3.33. The minimum atomic E-state index is -0.564. The molecule has 0 saturated heterocycles. The van der Waals surface area contributed by atoms with Crippen LogP contribution in [0.25, 0.3) is 0 Å². The first-order chi connectivity index (χ1) is 9.72. The van der Waals surface area contributed by atoms with Gasteiger partial charge in [-0.1, -0.05) is 43.7 Å². The van der Waals surface area contributed by atoms with Crippen molar-refractivity contribution in [3.63, 3.8) is 0 Å². The van der Waals surface area contributed by atoms with E-state index in [0.717, 1.165) is 25.1 Å². The SMILES string of the molecule is CCCCN(Cc1cccc(F)c1O)c1ccccc1. The largest absolute Gasteiger partial charge is 0.505 e. The predicted octanol–water partition coefficient (Wildman–Crippen LogP) is 4.34. The zero-order chi connectivity index (χ0) is 14.4. The van der Waals surface area contributed by atoms with E-state index in [1.54, 1.807) is 12.1 Å². The van der Waals surface area contributed by atoms with Gasteiger partial charge >= 0.3 is 0 Å². The molecule has 0 atom stereocenters. The second-order valence-electron chi connectivity index (χ2n) is 4.86. The third-order valence-corrected chi connectivity index (χ3v) is 3.33. The molecule has 0 radical (unpaired) electrons. The van der Waals surface area contributed by atoms with Crippen LogP contribution in [0.4, 0.5) is 10.1 Å². The molecule has 0 aliphatic carbocycles. The fourth-order valence-electron chi connectivity index (χ4n) is 2.18. The molecule has 0 heterocycles. The van der Waals surface area contributed by atoms with Crippen molar-refractivity contribution in [1.29, 1.82) is 0 Å². The first-order valence-electron chi connectivity index (χ1n) is 6.98. The van der Waals surface area contributed by atoms with Crippen molar-refractivity contribution >= 4 is 5.69 Å². The maximum absolute atomic E-state index is 13.4. The summed E-state index contributed by atoms with van der Waals surface area (Å²) in [5.74, 6) is -0.809. The smallest absolute Gasteiger partial charge is 0.165 e. The summed E-state index contributed by atoms with van der Waals surface area (Å²) in [6, 6.07) is 14.7. The highest BCUT2D eigenvalue weighted by atomic mass is 19.1. The lowest BCUT2D eigenvalue weighted by molar-refractivity contribution is 0.425. The van der Waals surface area contributed by atoms with Crippen LogP contribution in [0, 0.1) is 5.82 Å². The van der Waals surface area contributed by atoms with Crippen LogP contribution >= 0.6 is 0 Å². The van der Waals surface area contributed by atoms with Gasteiger partial charge in [-0.2, -0.15) is 0 Å². The fraction of sp³-hybridized carbons (Fsp3) is 0.294. The lowest BCUT2D eigenvalue weighted by Crippen LogP contribution is -2.23. The number of para-hydroxylation sites is 2. The van der Waals surface area contributed by atoms with E-state index < -0.39 is 5.82 Å². The molecule has 2 rings (SSSR count). The number of anilines is 1. The molecule has 0 spiro atoms. The Morgan fingerprint density at radius 2 is 1.80 bits per heavy atom. The number of hydrogen-bond donors (Lipinski definition) is 1. The van der Waals surface area contributed by atoms with Crippen molar-refractivity contribution in [2.45, 2.75) is 26.3 Å². The number of unbranched alkanes of at least 4 members (excludes halogenated alkanes) is 1. The van der Waals surface area contributed by atoms with E-state index >= 15 is 0 Å². The zero-order valence-corrected chi connectivity index (χ0v) is 11.7. The Kier molecular flexibility index (Phi) is 4.99. The molecule has 0 unspecified atom stereocenters. The molecule has 2 aromatic carbocycles. The molecule has 106 valence electrons. The summed E-state index contributed by atoms with van der Waals surface area (Å²) < 4.78 is 13.4. The highest BCUT2D eigenvalue weighted by Crippen LogP contribution is 2.25. The van der Waals surface area contributed by atoms with Gasteiger partial charge in [-0.25, -0.2) is 4.39 Å². The van der Waals surface area contributed by atoms with Gasteiger partial charge in [0.25, 0.3) is 0 Å². The Labute approximate surface area is 119 Å². The van der Waals surface area contributed by atoms with E-state index in [1.807, 2.05) is 30.3 Å². The average molecular weight is 273 g/mol. The van der Waals surface area contributed by atoms with Crippen molar-refractivity contribution in [1.82, 2.24) is 0 Å². The fourth-order valence-corrected chi connectivity index (χ4v) is 2.18. The molecule has 0 fully saturated rings. The molecule has 0 bridgehead atoms. The summed E-state index contributed by atoms with van der Waals surface area (Å²) in [7, 11) is 0. The summed E-state index contributed by atoms with van der Waals surface area (Å²) in [5, 5.41) is 9.82. The van der Waals surface area contributed by atoms with E-state index in [4.69, 9.17) is 0 Å². The van der Waals surface area contributed by atoms with Crippen LogP contribution in [-0.4, -0.2) is 11.7 Å². The molecule has 3 heteroatoms. The average Bonchev–Trinajstić information content (AvgIpc) is 2.48. The second kappa shape index (κ2) is 6.94. The van der Waals surface area contributed by atoms with Gasteiger partial charge in [-0.3, -0.25) is 0 Å². The Bertz CT molecular complexity index is 542. The van der Waals surface area contributed by atoms with Crippen LogP contribution in [0.15, 0.2) is 48.5 Å². The number of phenolic OH excluding ortho intramolecular Hbond substituents is 1. The quantitative estimate of drug-likeness (QED) is 0.846. The number of halogens is 1. The van der Waals surface area contributed by atoms with E-state index in [-0.39, 0.29) is 5.75 Å². The van der Waals surface area contributed by atoms with Gasteiger partial charge < -0.3 is 10.0 Å². The molecule has 0 amide bonds. The summed E-state index contributed by atoms with van der Waals surface area (Å²) in [6.07, 6.45) is 2.16. The molecular formula is C17H20FNO. The number of nitrogens with zero attached hydrogens (tertiary/aromatic N) is 1. The Hall–Kier alpha value is -2.03. The number of benzene rings is 2. The number of hydrogen-bond acceptors (Lipinski definition) is 2. The van der Waals surface area contributed by atoms with Crippen molar-refractivity contribution in [3.05, 3.63) is 59.9 Å². The van der Waals surface area contributed by atoms with Gasteiger partial charge in [-0.15, -0.1) is 0 Å². The molecular weight excluding hydrogens is 253 g/mol. The normalized spacial score (nSPS) is 10.5. The number of phenols is 1. The Balaban J connectivity index is 2.21. The van der Waals surface area contributed by atoms with E-state index in [2.05, 4.69) is 11.8 Å². The van der Waals surface area contributed by atoms with Crippen LogP contribution in [0.3, 0.4) is 0 Å². The lowest BCUT2D eigenvalue weighted by atomic mass is 10.1. The topological polar surface area (TPSA) is 23.5 Å². The molecule has 0 aliphatic heterocycles. The molecule has 20 heavy (non-hydrogen) atoms. The van der Waals surface area contributed by atoms with Crippen LogP contribution in [-0.2, 0) is 6.54 Å². The highest BCUT2D eigenvalue weighted by molar-refractivity contribution is 5.48. The van der Waals surface area contributed by atoms with E-state index in [9.17, 15) is 9.50 Å². The predicted molar refractivity (Wildman–Crippen MR) is 80.5 cm³/mol. The van der Waals surface area contributed by atoms with Crippen LogP contribution in [0.1, 0.15) is 25.3 Å². The van der Waals surface area contributed by atoms with Gasteiger partial charge in [0.15, 0.2) is 11.6 Å². The molecule has 0 saturated carbocycles. The van der Waals surface area contributed by atoms with Crippen molar-refractivity contribution in [3.8, 4) is 5.75 Å². The molecule has 0 aliphatic rings. The summed E-state index contributed by atoms with van der Waals surface area (Å²) in [4.78, 5) is 2.16. The lowest BCUT2D eigenvalue weighted by Gasteiger charge is -2.25. The van der Waals surface area contributed by atoms with Gasteiger partial charge in [0.1, 0.15) is 0 Å². The summed E-state index contributed by atoms with van der Waals surface area (Å²) >= 11 is 0. The van der Waals surface area contributed by atoms with Crippen molar-refractivity contribution in [2.24, 2.45) is 0 Å². The van der Waals surface area contributed by atoms with Crippen LogP contribution < -0.4 is 4.90 Å². The van der Waals surface area contributed by atoms with Crippen molar-refractivity contribution in [2.75, 3.05) is 11.4 Å². The minimum absolute atomic E-state index is 0.245. The Morgan fingerprint density at radius 1 is 1.05 bits per heavy atom. The van der Waals surface area contributed by atoms with Crippen LogP contribution in [0.2, 0.25) is 0 Å². The Morgan fingerprint density at radius 3 is 2.50 bits per heavy atom. The highest BCUT2D eigenvalue weighted by Gasteiger charge is 2.11. The first kappa shape index (κ1) is 14.4.